The highest BCUT2D eigenvalue weighted by Gasteiger charge is 2.15. The number of nitrogens with zero attached hydrogens (tertiary/aromatic N) is 1. The Balaban J connectivity index is 1.68. The predicted molar refractivity (Wildman–Crippen MR) is 107 cm³/mol. The van der Waals surface area contributed by atoms with Gasteiger partial charge in [0, 0.05) is 19.7 Å². The van der Waals surface area contributed by atoms with E-state index in [0.29, 0.717) is 35.4 Å². The van der Waals surface area contributed by atoms with Crippen molar-refractivity contribution in [2.45, 2.75) is 13.5 Å². The zero-order valence-electron chi connectivity index (χ0n) is 16.0. The maximum Gasteiger partial charge on any atom is 0.246 e. The molecule has 6 nitrogen and oxygen atoms in total. The molecule has 0 saturated heterocycles. The average molecular weight is 404 g/mol. The first-order valence-electron chi connectivity index (χ1n) is 8.84. The van der Waals surface area contributed by atoms with E-state index >= 15 is 0 Å². The van der Waals surface area contributed by atoms with Crippen LogP contribution in [0.25, 0.3) is 6.08 Å². The second kappa shape index (κ2) is 8.89. The third-order valence-electron chi connectivity index (χ3n) is 4.19. The summed E-state index contributed by atoms with van der Waals surface area (Å²) in [5, 5.41) is 0.432. The molecule has 7 heteroatoms. The van der Waals surface area contributed by atoms with E-state index in [9.17, 15) is 4.79 Å². The Morgan fingerprint density at radius 3 is 2.79 bits per heavy atom. The molecular formula is C21H22ClNO5. The van der Waals surface area contributed by atoms with Crippen molar-refractivity contribution in [3.63, 3.8) is 0 Å². The minimum Gasteiger partial charge on any atom is -0.493 e. The summed E-state index contributed by atoms with van der Waals surface area (Å²) in [5.74, 6) is 2.30. The van der Waals surface area contributed by atoms with Crippen LogP contribution >= 0.6 is 11.6 Å². The van der Waals surface area contributed by atoms with Crippen LogP contribution in [-0.4, -0.2) is 38.4 Å². The second-order valence-corrected chi connectivity index (χ2v) is 6.59. The highest BCUT2D eigenvalue weighted by atomic mass is 35.5. The van der Waals surface area contributed by atoms with Crippen LogP contribution in [0.4, 0.5) is 0 Å². The highest BCUT2D eigenvalue weighted by Crippen LogP contribution is 2.37. The fraction of sp³-hybridized carbons (Fsp3) is 0.286. The molecule has 0 aliphatic carbocycles. The zero-order valence-corrected chi connectivity index (χ0v) is 16.8. The van der Waals surface area contributed by atoms with Crippen LogP contribution in [-0.2, 0) is 11.3 Å². The maximum atomic E-state index is 12.5. The fourth-order valence-corrected chi connectivity index (χ4v) is 3.08. The van der Waals surface area contributed by atoms with Crippen molar-refractivity contribution in [1.29, 1.82) is 0 Å². The highest BCUT2D eigenvalue weighted by molar-refractivity contribution is 6.32. The Labute approximate surface area is 169 Å². The number of carbonyl (C=O) groups excluding carboxylic acids is 1. The number of hydrogen-bond acceptors (Lipinski definition) is 5. The third kappa shape index (κ3) is 4.51. The predicted octanol–water partition coefficient (Wildman–Crippen LogP) is 4.15. The van der Waals surface area contributed by atoms with Crippen LogP contribution in [0.2, 0.25) is 5.02 Å². The summed E-state index contributed by atoms with van der Waals surface area (Å²) in [4.78, 5) is 14.1. The van der Waals surface area contributed by atoms with Crippen molar-refractivity contribution in [2.75, 3.05) is 27.6 Å². The standard InChI is InChI=1S/C21H22ClNO5/c1-4-26-21-16(22)9-14(10-19(21)25-3)6-8-20(24)23(2)12-15-5-7-17-18(11-15)28-13-27-17/h5-11H,4,12-13H2,1-3H3. The largest absolute Gasteiger partial charge is 0.493 e. The molecule has 2 aromatic carbocycles. The molecule has 1 aliphatic heterocycles. The first kappa shape index (κ1) is 19.9. The van der Waals surface area contributed by atoms with Gasteiger partial charge in [-0.2, -0.15) is 0 Å². The molecule has 1 heterocycles. The maximum absolute atomic E-state index is 12.5. The monoisotopic (exact) mass is 403 g/mol. The van der Waals surface area contributed by atoms with Crippen molar-refractivity contribution in [2.24, 2.45) is 0 Å². The summed E-state index contributed by atoms with van der Waals surface area (Å²) in [5.41, 5.74) is 1.70. The van der Waals surface area contributed by atoms with Gasteiger partial charge in [0.1, 0.15) is 0 Å². The Morgan fingerprint density at radius 1 is 1.25 bits per heavy atom. The van der Waals surface area contributed by atoms with Gasteiger partial charge in [0.05, 0.1) is 18.7 Å². The average Bonchev–Trinajstić information content (AvgIpc) is 3.15. The van der Waals surface area contributed by atoms with E-state index in [0.717, 1.165) is 16.9 Å². The van der Waals surface area contributed by atoms with Gasteiger partial charge in [0.25, 0.3) is 0 Å². The van der Waals surface area contributed by atoms with Crippen LogP contribution < -0.4 is 18.9 Å². The molecule has 1 amide bonds. The van der Waals surface area contributed by atoms with Crippen LogP contribution in [0.3, 0.4) is 0 Å². The van der Waals surface area contributed by atoms with E-state index in [2.05, 4.69) is 0 Å². The second-order valence-electron chi connectivity index (χ2n) is 6.18. The van der Waals surface area contributed by atoms with Crippen LogP contribution in [0.1, 0.15) is 18.1 Å². The number of methoxy groups -OCH3 is 1. The molecule has 3 rings (SSSR count). The lowest BCUT2D eigenvalue weighted by Gasteiger charge is -2.15. The Morgan fingerprint density at radius 2 is 2.04 bits per heavy atom. The van der Waals surface area contributed by atoms with Gasteiger partial charge in [-0.15, -0.1) is 0 Å². The van der Waals surface area contributed by atoms with Gasteiger partial charge in [-0.25, -0.2) is 0 Å². The number of rotatable bonds is 7. The van der Waals surface area contributed by atoms with Crippen LogP contribution in [0.15, 0.2) is 36.4 Å². The lowest BCUT2D eigenvalue weighted by atomic mass is 10.1. The van der Waals surface area contributed by atoms with Crippen molar-refractivity contribution >= 4 is 23.6 Å². The fourth-order valence-electron chi connectivity index (χ4n) is 2.81. The molecule has 2 aromatic rings. The lowest BCUT2D eigenvalue weighted by molar-refractivity contribution is -0.125. The summed E-state index contributed by atoms with van der Waals surface area (Å²) < 4.78 is 21.5. The van der Waals surface area contributed by atoms with Gasteiger partial charge in [-0.05, 0) is 48.4 Å². The summed E-state index contributed by atoms with van der Waals surface area (Å²) in [6.07, 6.45) is 3.20. The Bertz CT molecular complexity index is 897. The van der Waals surface area contributed by atoms with Crippen molar-refractivity contribution in [3.8, 4) is 23.0 Å². The number of benzene rings is 2. The van der Waals surface area contributed by atoms with Gasteiger partial charge >= 0.3 is 0 Å². The summed E-state index contributed by atoms with van der Waals surface area (Å²) in [6, 6.07) is 9.15. The van der Waals surface area contributed by atoms with E-state index in [1.807, 2.05) is 25.1 Å². The van der Waals surface area contributed by atoms with Gasteiger partial charge in [0.15, 0.2) is 23.0 Å². The molecule has 0 radical (unpaired) electrons. The number of ether oxygens (including phenoxy) is 4. The molecule has 0 aromatic heterocycles. The summed E-state index contributed by atoms with van der Waals surface area (Å²) >= 11 is 6.27. The number of halogens is 1. The zero-order chi connectivity index (χ0) is 20.1. The molecule has 0 atom stereocenters. The first-order valence-corrected chi connectivity index (χ1v) is 9.21. The first-order chi connectivity index (χ1) is 13.5. The molecule has 0 saturated carbocycles. The summed E-state index contributed by atoms with van der Waals surface area (Å²) in [6.45, 7) is 3.03. The molecule has 1 aliphatic rings. The molecule has 0 unspecified atom stereocenters. The molecule has 0 spiro atoms. The van der Waals surface area contributed by atoms with Crippen molar-refractivity contribution < 1.29 is 23.7 Å². The number of likely N-dealkylation sites (N-methyl/N-ethyl adjacent to an activating group) is 1. The van der Waals surface area contributed by atoms with Gasteiger partial charge in [-0.1, -0.05) is 17.7 Å². The van der Waals surface area contributed by atoms with Crippen LogP contribution in [0.5, 0.6) is 23.0 Å². The Hall–Kier alpha value is -2.86. The minimum absolute atomic E-state index is 0.137. The van der Waals surface area contributed by atoms with Crippen LogP contribution in [0, 0.1) is 0 Å². The summed E-state index contributed by atoms with van der Waals surface area (Å²) in [7, 11) is 3.29. The van der Waals surface area contributed by atoms with Gasteiger partial charge in [0.2, 0.25) is 12.7 Å². The van der Waals surface area contributed by atoms with Crippen molar-refractivity contribution in [3.05, 3.63) is 52.6 Å². The molecule has 148 valence electrons. The molecule has 0 N–H and O–H groups in total. The number of carbonyl (C=O) groups is 1. The SMILES string of the molecule is CCOc1c(Cl)cc(C=CC(=O)N(C)Cc2ccc3c(c2)OCO3)cc1OC. The number of hydrogen-bond donors (Lipinski definition) is 0. The van der Waals surface area contributed by atoms with E-state index in [4.69, 9.17) is 30.5 Å². The normalized spacial score (nSPS) is 12.3. The lowest BCUT2D eigenvalue weighted by Crippen LogP contribution is -2.24. The molecule has 0 bridgehead atoms. The molecule has 0 fully saturated rings. The van der Waals surface area contributed by atoms with Crippen molar-refractivity contribution in [1.82, 2.24) is 4.90 Å². The quantitative estimate of drug-likeness (QED) is 0.650. The number of amides is 1. The van der Waals surface area contributed by atoms with E-state index in [1.54, 1.807) is 37.3 Å². The topological polar surface area (TPSA) is 57.2 Å². The van der Waals surface area contributed by atoms with E-state index in [-0.39, 0.29) is 12.7 Å². The third-order valence-corrected chi connectivity index (χ3v) is 4.47. The smallest absolute Gasteiger partial charge is 0.246 e. The Kier molecular flexibility index (Phi) is 6.31. The van der Waals surface area contributed by atoms with Gasteiger partial charge < -0.3 is 23.8 Å². The minimum atomic E-state index is -0.137. The van der Waals surface area contributed by atoms with E-state index < -0.39 is 0 Å². The number of fused-ring (bicyclic) bond motifs is 1. The molecule has 28 heavy (non-hydrogen) atoms. The molecular weight excluding hydrogens is 382 g/mol. The van der Waals surface area contributed by atoms with Gasteiger partial charge in [-0.3, -0.25) is 4.79 Å². The van der Waals surface area contributed by atoms with E-state index in [1.165, 1.54) is 6.08 Å².